The molecule has 1 amide bonds. The van der Waals surface area contributed by atoms with Crippen LogP contribution in [-0.2, 0) is 11.4 Å². The first-order valence-corrected chi connectivity index (χ1v) is 7.67. The summed E-state index contributed by atoms with van der Waals surface area (Å²) < 4.78 is 11.4. The van der Waals surface area contributed by atoms with Gasteiger partial charge in [0.2, 0.25) is 0 Å². The second kappa shape index (κ2) is 7.38. The van der Waals surface area contributed by atoms with E-state index in [-0.39, 0.29) is 5.91 Å². The molecule has 2 rings (SSSR count). The number of rotatable bonds is 6. The van der Waals surface area contributed by atoms with Crippen LogP contribution in [0.2, 0.25) is 5.02 Å². The lowest BCUT2D eigenvalue weighted by Gasteiger charge is -2.24. The van der Waals surface area contributed by atoms with E-state index in [9.17, 15) is 4.79 Å². The molecule has 0 heterocycles. The first kappa shape index (κ1) is 17.2. The highest BCUT2D eigenvalue weighted by Crippen LogP contribution is 2.23. The number of nitrogens with one attached hydrogen (secondary N) is 1. The molecule has 23 heavy (non-hydrogen) atoms. The monoisotopic (exact) mass is 333 g/mol. The van der Waals surface area contributed by atoms with Crippen molar-refractivity contribution in [2.24, 2.45) is 0 Å². The largest absolute Gasteiger partial charge is 0.489 e. The third kappa shape index (κ3) is 4.89. The van der Waals surface area contributed by atoms with E-state index in [0.717, 1.165) is 11.3 Å². The summed E-state index contributed by atoms with van der Waals surface area (Å²) in [6.07, 6.45) is 0. The molecule has 0 aliphatic heterocycles. The molecule has 122 valence electrons. The van der Waals surface area contributed by atoms with E-state index < -0.39 is 5.60 Å². The molecule has 0 spiro atoms. The summed E-state index contributed by atoms with van der Waals surface area (Å²) in [6.45, 7) is 3.87. The molecule has 0 saturated carbocycles. The first-order chi connectivity index (χ1) is 10.9. The van der Waals surface area contributed by atoms with Crippen LogP contribution in [0.4, 0.5) is 0 Å². The highest BCUT2D eigenvalue weighted by Gasteiger charge is 2.28. The maximum absolute atomic E-state index is 11.7. The Labute approximate surface area is 141 Å². The Balaban J connectivity index is 1.95. The number of halogens is 1. The SMILES string of the molecule is CNC(=O)C(C)(C)Oc1ccc(OCc2cccc(Cl)c2)cc1. The molecule has 1 N–H and O–H groups in total. The quantitative estimate of drug-likeness (QED) is 0.874. The van der Waals surface area contributed by atoms with E-state index in [1.165, 1.54) is 0 Å². The molecule has 0 bridgehead atoms. The predicted molar refractivity (Wildman–Crippen MR) is 91.0 cm³/mol. The third-order valence-corrected chi connectivity index (χ3v) is 3.50. The van der Waals surface area contributed by atoms with Gasteiger partial charge in [0, 0.05) is 12.1 Å². The third-order valence-electron chi connectivity index (χ3n) is 3.27. The summed E-state index contributed by atoms with van der Waals surface area (Å²) >= 11 is 5.94. The molecule has 2 aromatic carbocycles. The van der Waals surface area contributed by atoms with E-state index in [1.807, 2.05) is 24.3 Å². The molecule has 0 saturated heterocycles. The van der Waals surface area contributed by atoms with E-state index in [0.29, 0.717) is 17.4 Å². The zero-order valence-electron chi connectivity index (χ0n) is 13.4. The molecular formula is C18H20ClNO3. The number of carbonyl (C=O) groups is 1. The van der Waals surface area contributed by atoms with E-state index >= 15 is 0 Å². The Morgan fingerprint density at radius 3 is 2.39 bits per heavy atom. The molecule has 0 unspecified atom stereocenters. The van der Waals surface area contributed by atoms with Gasteiger partial charge in [0.25, 0.3) is 5.91 Å². The summed E-state index contributed by atoms with van der Waals surface area (Å²) in [7, 11) is 1.58. The van der Waals surface area contributed by atoms with Crippen LogP contribution in [0.25, 0.3) is 0 Å². The van der Waals surface area contributed by atoms with Crippen LogP contribution < -0.4 is 14.8 Å². The molecule has 4 nitrogen and oxygen atoms in total. The number of hydrogen-bond donors (Lipinski definition) is 1. The summed E-state index contributed by atoms with van der Waals surface area (Å²) in [5.74, 6) is 1.14. The molecule has 0 aliphatic carbocycles. The normalized spacial score (nSPS) is 11.0. The molecule has 5 heteroatoms. The van der Waals surface area contributed by atoms with E-state index in [2.05, 4.69) is 5.32 Å². The van der Waals surface area contributed by atoms with Crippen molar-refractivity contribution in [2.75, 3.05) is 7.05 Å². The van der Waals surface area contributed by atoms with Gasteiger partial charge in [-0.15, -0.1) is 0 Å². The predicted octanol–water partition coefficient (Wildman–Crippen LogP) is 3.82. The maximum Gasteiger partial charge on any atom is 0.263 e. The van der Waals surface area contributed by atoms with Crippen molar-refractivity contribution in [1.82, 2.24) is 5.32 Å². The van der Waals surface area contributed by atoms with E-state index in [4.69, 9.17) is 21.1 Å². The average molecular weight is 334 g/mol. The van der Waals surface area contributed by atoms with Gasteiger partial charge in [-0.1, -0.05) is 23.7 Å². The van der Waals surface area contributed by atoms with Gasteiger partial charge in [0.15, 0.2) is 5.60 Å². The standard InChI is InChI=1S/C18H20ClNO3/c1-18(2,17(21)20-3)23-16-9-7-15(8-10-16)22-12-13-5-4-6-14(19)11-13/h4-11H,12H2,1-3H3,(H,20,21). The molecule has 2 aromatic rings. The van der Waals surface area contributed by atoms with Gasteiger partial charge in [-0.05, 0) is 55.8 Å². The summed E-state index contributed by atoms with van der Waals surface area (Å²) in [5, 5.41) is 3.27. The highest BCUT2D eigenvalue weighted by atomic mass is 35.5. The van der Waals surface area contributed by atoms with Crippen molar-refractivity contribution >= 4 is 17.5 Å². The van der Waals surface area contributed by atoms with Gasteiger partial charge in [0.1, 0.15) is 18.1 Å². The number of hydrogen-bond acceptors (Lipinski definition) is 3. The average Bonchev–Trinajstić information content (AvgIpc) is 2.53. The van der Waals surface area contributed by atoms with Crippen LogP contribution >= 0.6 is 11.6 Å². The molecule has 0 atom stereocenters. The maximum atomic E-state index is 11.7. The van der Waals surface area contributed by atoms with E-state index in [1.54, 1.807) is 45.2 Å². The Bertz CT molecular complexity index is 668. The summed E-state index contributed by atoms with van der Waals surface area (Å²) in [5.41, 5.74) is 0.0661. The van der Waals surface area contributed by atoms with Crippen LogP contribution in [0.5, 0.6) is 11.5 Å². The fourth-order valence-electron chi connectivity index (χ4n) is 2.04. The van der Waals surface area contributed by atoms with Gasteiger partial charge in [-0.2, -0.15) is 0 Å². The lowest BCUT2D eigenvalue weighted by atomic mass is 10.1. The Kier molecular flexibility index (Phi) is 5.50. The number of carbonyl (C=O) groups excluding carboxylic acids is 1. The van der Waals surface area contributed by atoms with Crippen molar-refractivity contribution in [3.8, 4) is 11.5 Å². The number of amides is 1. The van der Waals surface area contributed by atoms with Crippen molar-refractivity contribution in [3.05, 3.63) is 59.1 Å². The summed E-state index contributed by atoms with van der Waals surface area (Å²) in [6, 6.07) is 14.7. The fourth-order valence-corrected chi connectivity index (χ4v) is 2.25. The Morgan fingerprint density at radius 1 is 1.13 bits per heavy atom. The van der Waals surface area contributed by atoms with Gasteiger partial charge >= 0.3 is 0 Å². The van der Waals surface area contributed by atoms with Crippen molar-refractivity contribution in [3.63, 3.8) is 0 Å². The van der Waals surface area contributed by atoms with Crippen molar-refractivity contribution in [1.29, 1.82) is 0 Å². The van der Waals surface area contributed by atoms with Crippen molar-refractivity contribution < 1.29 is 14.3 Å². The number of benzene rings is 2. The molecule has 0 fully saturated rings. The topological polar surface area (TPSA) is 47.6 Å². The molecular weight excluding hydrogens is 314 g/mol. The number of likely N-dealkylation sites (N-methyl/N-ethyl adjacent to an activating group) is 1. The van der Waals surface area contributed by atoms with Crippen LogP contribution in [0.3, 0.4) is 0 Å². The van der Waals surface area contributed by atoms with Gasteiger partial charge in [-0.25, -0.2) is 0 Å². The minimum absolute atomic E-state index is 0.182. The Hall–Kier alpha value is -2.20. The van der Waals surface area contributed by atoms with Gasteiger partial charge in [-0.3, -0.25) is 4.79 Å². The van der Waals surface area contributed by atoms with Gasteiger partial charge < -0.3 is 14.8 Å². The zero-order valence-corrected chi connectivity index (χ0v) is 14.2. The molecule has 0 aromatic heterocycles. The lowest BCUT2D eigenvalue weighted by molar-refractivity contribution is -0.133. The Morgan fingerprint density at radius 2 is 1.78 bits per heavy atom. The van der Waals surface area contributed by atoms with Crippen LogP contribution in [0.15, 0.2) is 48.5 Å². The summed E-state index contributed by atoms with van der Waals surface area (Å²) in [4.78, 5) is 11.7. The molecule has 0 radical (unpaired) electrons. The highest BCUT2D eigenvalue weighted by molar-refractivity contribution is 6.30. The molecule has 0 aliphatic rings. The second-order valence-electron chi connectivity index (χ2n) is 5.58. The zero-order chi connectivity index (χ0) is 16.9. The first-order valence-electron chi connectivity index (χ1n) is 7.29. The minimum atomic E-state index is -0.933. The van der Waals surface area contributed by atoms with Crippen molar-refractivity contribution in [2.45, 2.75) is 26.1 Å². The lowest BCUT2D eigenvalue weighted by Crippen LogP contribution is -2.45. The van der Waals surface area contributed by atoms with Crippen LogP contribution in [0.1, 0.15) is 19.4 Å². The minimum Gasteiger partial charge on any atom is -0.489 e. The smallest absolute Gasteiger partial charge is 0.263 e. The van der Waals surface area contributed by atoms with Gasteiger partial charge in [0.05, 0.1) is 0 Å². The second-order valence-corrected chi connectivity index (χ2v) is 6.02. The fraction of sp³-hybridized carbons (Fsp3) is 0.278. The van der Waals surface area contributed by atoms with Crippen LogP contribution in [0, 0.1) is 0 Å². The van der Waals surface area contributed by atoms with Crippen LogP contribution in [-0.4, -0.2) is 18.6 Å². The number of ether oxygens (including phenoxy) is 2.